The number of hydrogen-bond donors (Lipinski definition) is 2. The molecule has 1 saturated heterocycles. The third kappa shape index (κ3) is 5.22. The van der Waals surface area contributed by atoms with Crippen LogP contribution in [0.1, 0.15) is 5.56 Å². The van der Waals surface area contributed by atoms with Crippen molar-refractivity contribution in [2.24, 2.45) is 0 Å². The zero-order valence-electron chi connectivity index (χ0n) is 12.0. The monoisotopic (exact) mass is 310 g/mol. The molecular weight excluding hydrogens is 288 g/mol. The van der Waals surface area contributed by atoms with E-state index < -0.39 is 0 Å². The largest absolute Gasteiger partial charge is 0.445 e. The molecule has 6 heteroatoms. The van der Waals surface area contributed by atoms with E-state index >= 15 is 0 Å². The average Bonchev–Trinajstić information content (AvgIpc) is 2.54. The molecule has 2 rings (SSSR count). The molecule has 0 aromatic heterocycles. The Hall–Kier alpha value is -1.24. The maximum Gasteiger partial charge on any atom is 0.410 e. The Morgan fingerprint density at radius 1 is 1.24 bits per heavy atom. The highest BCUT2D eigenvalue weighted by Crippen LogP contribution is 2.08. The van der Waals surface area contributed by atoms with Gasteiger partial charge in [-0.05, 0) is 5.56 Å². The quantitative estimate of drug-likeness (QED) is 0.803. The molecule has 0 aliphatic carbocycles. The summed E-state index contributed by atoms with van der Waals surface area (Å²) in [5.74, 6) is 0. The highest BCUT2D eigenvalue weighted by Gasteiger charge is 2.23. The Bertz CT molecular complexity index is 436. The van der Waals surface area contributed by atoms with Gasteiger partial charge < -0.3 is 14.7 Å². The highest BCUT2D eigenvalue weighted by atomic mass is 32.1. The number of ether oxygens (including phenoxy) is 1. The van der Waals surface area contributed by atoms with Gasteiger partial charge in [0.25, 0.3) is 0 Å². The number of nitrogens with zero attached hydrogens (tertiary/aromatic N) is 2. The molecule has 0 unspecified atom stereocenters. The topological polar surface area (TPSA) is 53.0 Å². The van der Waals surface area contributed by atoms with Gasteiger partial charge in [-0.3, -0.25) is 4.90 Å². The van der Waals surface area contributed by atoms with Crippen LogP contribution in [0.3, 0.4) is 0 Å². The van der Waals surface area contributed by atoms with E-state index in [4.69, 9.17) is 9.84 Å². The van der Waals surface area contributed by atoms with Crippen LogP contribution in [0.15, 0.2) is 30.3 Å². The summed E-state index contributed by atoms with van der Waals surface area (Å²) in [5.41, 5.74) is 0.991. The van der Waals surface area contributed by atoms with Gasteiger partial charge >= 0.3 is 6.09 Å². The first-order valence-electron chi connectivity index (χ1n) is 7.16. The van der Waals surface area contributed by atoms with Crippen LogP contribution in [0.2, 0.25) is 0 Å². The molecule has 116 valence electrons. The molecule has 5 nitrogen and oxygen atoms in total. The van der Waals surface area contributed by atoms with E-state index in [-0.39, 0.29) is 18.0 Å². The van der Waals surface area contributed by atoms with E-state index in [0.717, 1.165) is 25.2 Å². The minimum Gasteiger partial charge on any atom is -0.445 e. The summed E-state index contributed by atoms with van der Waals surface area (Å²) in [6.45, 7) is 4.01. The van der Waals surface area contributed by atoms with Crippen molar-refractivity contribution in [2.45, 2.75) is 11.9 Å². The number of piperazine rings is 1. The average molecular weight is 310 g/mol. The Morgan fingerprint density at radius 2 is 1.90 bits per heavy atom. The second kappa shape index (κ2) is 8.26. The van der Waals surface area contributed by atoms with Crippen molar-refractivity contribution in [3.05, 3.63) is 35.9 Å². The van der Waals surface area contributed by atoms with Crippen molar-refractivity contribution in [1.82, 2.24) is 9.80 Å². The number of benzene rings is 1. The fourth-order valence-electron chi connectivity index (χ4n) is 2.28. The molecule has 1 aliphatic heterocycles. The van der Waals surface area contributed by atoms with Crippen LogP contribution in [0.4, 0.5) is 4.79 Å². The minimum atomic E-state index is -0.261. The highest BCUT2D eigenvalue weighted by molar-refractivity contribution is 7.81. The van der Waals surface area contributed by atoms with E-state index in [1.165, 1.54) is 0 Å². The van der Waals surface area contributed by atoms with E-state index in [2.05, 4.69) is 17.5 Å². The summed E-state index contributed by atoms with van der Waals surface area (Å²) >= 11 is 4.28. The van der Waals surface area contributed by atoms with Gasteiger partial charge in [0.15, 0.2) is 0 Å². The van der Waals surface area contributed by atoms with Gasteiger partial charge in [-0.25, -0.2) is 4.79 Å². The van der Waals surface area contributed by atoms with Gasteiger partial charge in [-0.1, -0.05) is 30.3 Å². The fraction of sp³-hybridized carbons (Fsp3) is 0.533. The predicted molar refractivity (Wildman–Crippen MR) is 84.5 cm³/mol. The molecular formula is C15H22N2O3S. The van der Waals surface area contributed by atoms with Crippen molar-refractivity contribution in [3.63, 3.8) is 0 Å². The molecule has 1 fully saturated rings. The third-order valence-corrected chi connectivity index (χ3v) is 3.84. The lowest BCUT2D eigenvalue weighted by Crippen LogP contribution is -2.50. The SMILES string of the molecule is O=C(OCc1ccccc1)N1CCN(C[C@@H](S)CO)CC1. The molecule has 0 radical (unpaired) electrons. The Morgan fingerprint density at radius 3 is 2.52 bits per heavy atom. The smallest absolute Gasteiger partial charge is 0.410 e. The summed E-state index contributed by atoms with van der Waals surface area (Å²) in [7, 11) is 0. The van der Waals surface area contributed by atoms with Crippen LogP contribution in [-0.4, -0.2) is 65.6 Å². The van der Waals surface area contributed by atoms with Crippen LogP contribution in [-0.2, 0) is 11.3 Å². The number of hydrogen-bond acceptors (Lipinski definition) is 5. The summed E-state index contributed by atoms with van der Waals surface area (Å²) in [6.07, 6.45) is -0.261. The standard InChI is InChI=1S/C15H22N2O3S/c18-11-14(21)10-16-6-8-17(9-7-16)15(19)20-12-13-4-2-1-3-5-13/h1-5,14,18,21H,6-12H2/t14-/m1/s1. The minimum absolute atomic E-state index is 0.0263. The zero-order chi connectivity index (χ0) is 15.1. The van der Waals surface area contributed by atoms with Crippen LogP contribution < -0.4 is 0 Å². The summed E-state index contributed by atoms with van der Waals surface area (Å²) in [6, 6.07) is 9.67. The van der Waals surface area contributed by atoms with E-state index in [9.17, 15) is 4.79 Å². The first-order chi connectivity index (χ1) is 10.2. The number of carbonyl (C=O) groups excluding carboxylic acids is 1. The lowest BCUT2D eigenvalue weighted by Gasteiger charge is -2.34. The number of thiol groups is 1. The van der Waals surface area contributed by atoms with Crippen molar-refractivity contribution in [2.75, 3.05) is 39.3 Å². The van der Waals surface area contributed by atoms with Gasteiger partial charge in [0.2, 0.25) is 0 Å². The van der Waals surface area contributed by atoms with Gasteiger partial charge in [0, 0.05) is 38.0 Å². The molecule has 21 heavy (non-hydrogen) atoms. The van der Waals surface area contributed by atoms with Crippen LogP contribution in [0.5, 0.6) is 0 Å². The number of aliphatic hydroxyl groups is 1. The van der Waals surface area contributed by atoms with E-state index in [0.29, 0.717) is 19.7 Å². The van der Waals surface area contributed by atoms with Crippen molar-refractivity contribution in [3.8, 4) is 0 Å². The first kappa shape index (κ1) is 16.1. The molecule has 1 aromatic rings. The van der Waals surface area contributed by atoms with Crippen LogP contribution in [0.25, 0.3) is 0 Å². The summed E-state index contributed by atoms with van der Waals surface area (Å²) in [4.78, 5) is 15.9. The molecule has 1 aromatic carbocycles. The maximum atomic E-state index is 12.0. The summed E-state index contributed by atoms with van der Waals surface area (Å²) < 4.78 is 5.32. The second-order valence-corrected chi connectivity index (χ2v) is 5.89. The normalized spacial score (nSPS) is 17.5. The molecule has 1 heterocycles. The summed E-state index contributed by atoms with van der Waals surface area (Å²) in [5, 5.41) is 8.97. The first-order valence-corrected chi connectivity index (χ1v) is 7.67. The van der Waals surface area contributed by atoms with Gasteiger partial charge in [0.05, 0.1) is 6.61 Å². The lowest BCUT2D eigenvalue weighted by molar-refractivity contribution is 0.0707. The maximum absolute atomic E-state index is 12.0. The molecule has 1 atom stereocenters. The van der Waals surface area contributed by atoms with Crippen molar-refractivity contribution >= 4 is 18.7 Å². The Balaban J connectivity index is 1.70. The van der Waals surface area contributed by atoms with Gasteiger partial charge in [0.1, 0.15) is 6.61 Å². The number of carbonyl (C=O) groups is 1. The zero-order valence-corrected chi connectivity index (χ0v) is 12.9. The third-order valence-electron chi connectivity index (χ3n) is 3.52. The van der Waals surface area contributed by atoms with Crippen molar-refractivity contribution < 1.29 is 14.6 Å². The molecule has 0 spiro atoms. The molecule has 1 amide bonds. The van der Waals surface area contributed by atoms with E-state index in [1.54, 1.807) is 4.90 Å². The molecule has 1 N–H and O–H groups in total. The van der Waals surface area contributed by atoms with Crippen LogP contribution in [0, 0.1) is 0 Å². The Kier molecular flexibility index (Phi) is 6.35. The van der Waals surface area contributed by atoms with Gasteiger partial charge in [-0.2, -0.15) is 12.6 Å². The van der Waals surface area contributed by atoms with Gasteiger partial charge in [-0.15, -0.1) is 0 Å². The van der Waals surface area contributed by atoms with Crippen LogP contribution >= 0.6 is 12.6 Å². The molecule has 0 saturated carbocycles. The second-order valence-electron chi connectivity index (χ2n) is 5.16. The molecule has 0 bridgehead atoms. The molecule has 1 aliphatic rings. The van der Waals surface area contributed by atoms with Crippen molar-refractivity contribution in [1.29, 1.82) is 0 Å². The van der Waals surface area contributed by atoms with E-state index in [1.807, 2.05) is 30.3 Å². The Labute approximate surface area is 130 Å². The predicted octanol–water partition coefficient (Wildman–Crippen LogP) is 1.23. The number of amides is 1. The number of aliphatic hydroxyl groups excluding tert-OH is 1. The lowest BCUT2D eigenvalue weighted by atomic mass is 10.2. The number of rotatable bonds is 5. The fourth-order valence-corrected chi connectivity index (χ4v) is 2.51.